The van der Waals surface area contributed by atoms with Gasteiger partial charge in [-0.2, -0.15) is 0 Å². The molecule has 0 saturated heterocycles. The van der Waals surface area contributed by atoms with Crippen molar-refractivity contribution >= 4 is 23.2 Å². The first-order valence-electron chi connectivity index (χ1n) is 9.78. The van der Waals surface area contributed by atoms with Crippen LogP contribution in [0.25, 0.3) is 0 Å². The van der Waals surface area contributed by atoms with Crippen LogP contribution < -0.4 is 10.6 Å². The Bertz CT molecular complexity index is 948. The lowest BCUT2D eigenvalue weighted by atomic mass is 10.0. The van der Waals surface area contributed by atoms with Gasteiger partial charge in [0.15, 0.2) is 0 Å². The van der Waals surface area contributed by atoms with Gasteiger partial charge in [0, 0.05) is 28.9 Å². The first-order valence-corrected chi connectivity index (χ1v) is 10.2. The molecule has 5 nitrogen and oxygen atoms in total. The standard InChI is InChI=1S/C24H25ClN2O3/c25-20-8-4-7-19(14-20)23(29)15-26-22(16-28)13-17-9-11-21(12-10-17)27-24(30)18-5-2-1-3-6-18/h1-12,14,22-23,26,28-29H,13,15-16H2,(H,27,30)/t22-,23-/m0/s1. The van der Waals surface area contributed by atoms with Gasteiger partial charge in [0.25, 0.3) is 5.91 Å². The number of anilines is 1. The first-order chi connectivity index (χ1) is 14.5. The second kappa shape index (κ2) is 10.9. The fraction of sp³-hybridized carbons (Fsp3) is 0.208. The van der Waals surface area contributed by atoms with Gasteiger partial charge in [0.1, 0.15) is 0 Å². The molecule has 0 aliphatic rings. The molecule has 30 heavy (non-hydrogen) atoms. The minimum absolute atomic E-state index is 0.0608. The highest BCUT2D eigenvalue weighted by atomic mass is 35.5. The molecule has 4 N–H and O–H groups in total. The lowest BCUT2D eigenvalue weighted by Crippen LogP contribution is -2.37. The molecule has 0 bridgehead atoms. The molecule has 0 aliphatic heterocycles. The van der Waals surface area contributed by atoms with E-state index in [1.165, 1.54) is 0 Å². The molecule has 0 radical (unpaired) electrons. The molecule has 3 aromatic carbocycles. The van der Waals surface area contributed by atoms with Crippen LogP contribution in [0.15, 0.2) is 78.9 Å². The molecule has 1 amide bonds. The van der Waals surface area contributed by atoms with E-state index in [2.05, 4.69) is 10.6 Å². The average molecular weight is 425 g/mol. The zero-order valence-electron chi connectivity index (χ0n) is 16.5. The van der Waals surface area contributed by atoms with Crippen molar-refractivity contribution in [1.29, 1.82) is 0 Å². The van der Waals surface area contributed by atoms with Crippen molar-refractivity contribution < 1.29 is 15.0 Å². The summed E-state index contributed by atoms with van der Waals surface area (Å²) in [7, 11) is 0. The lowest BCUT2D eigenvalue weighted by Gasteiger charge is -2.19. The van der Waals surface area contributed by atoms with Crippen molar-refractivity contribution in [1.82, 2.24) is 5.32 Å². The average Bonchev–Trinajstić information content (AvgIpc) is 2.78. The Labute approximate surface area is 181 Å². The van der Waals surface area contributed by atoms with Crippen molar-refractivity contribution in [2.45, 2.75) is 18.6 Å². The molecule has 2 atom stereocenters. The number of hydrogen-bond donors (Lipinski definition) is 4. The number of halogens is 1. The molecule has 156 valence electrons. The minimum Gasteiger partial charge on any atom is -0.395 e. The van der Waals surface area contributed by atoms with Gasteiger partial charge >= 0.3 is 0 Å². The van der Waals surface area contributed by atoms with E-state index in [1.807, 2.05) is 48.5 Å². The monoisotopic (exact) mass is 424 g/mol. The summed E-state index contributed by atoms with van der Waals surface area (Å²) in [6, 6.07) is 23.4. The normalized spacial score (nSPS) is 12.9. The van der Waals surface area contributed by atoms with Gasteiger partial charge < -0.3 is 20.8 Å². The number of carbonyl (C=O) groups is 1. The van der Waals surface area contributed by atoms with Crippen LogP contribution in [-0.2, 0) is 6.42 Å². The number of aliphatic hydroxyl groups is 2. The Hall–Kier alpha value is -2.70. The summed E-state index contributed by atoms with van der Waals surface area (Å²) in [4.78, 5) is 12.2. The third-order valence-corrected chi connectivity index (χ3v) is 5.02. The largest absolute Gasteiger partial charge is 0.395 e. The smallest absolute Gasteiger partial charge is 0.255 e. The summed E-state index contributed by atoms with van der Waals surface area (Å²) >= 11 is 5.97. The fourth-order valence-electron chi connectivity index (χ4n) is 3.11. The van der Waals surface area contributed by atoms with E-state index >= 15 is 0 Å². The van der Waals surface area contributed by atoms with E-state index in [0.29, 0.717) is 29.2 Å². The van der Waals surface area contributed by atoms with Gasteiger partial charge in [0.2, 0.25) is 0 Å². The first kappa shape index (κ1) is 22.0. The van der Waals surface area contributed by atoms with Gasteiger partial charge in [-0.3, -0.25) is 4.79 Å². The number of carbonyl (C=O) groups excluding carboxylic acids is 1. The fourth-order valence-corrected chi connectivity index (χ4v) is 3.31. The van der Waals surface area contributed by atoms with Gasteiger partial charge in [0.05, 0.1) is 12.7 Å². The Kier molecular flexibility index (Phi) is 7.99. The maximum atomic E-state index is 12.2. The second-order valence-corrected chi connectivity index (χ2v) is 7.52. The molecule has 3 aromatic rings. The molecule has 0 unspecified atom stereocenters. The van der Waals surface area contributed by atoms with Crippen LogP contribution in [0, 0.1) is 0 Å². The van der Waals surface area contributed by atoms with E-state index < -0.39 is 6.10 Å². The highest BCUT2D eigenvalue weighted by molar-refractivity contribution is 6.30. The second-order valence-electron chi connectivity index (χ2n) is 7.08. The maximum Gasteiger partial charge on any atom is 0.255 e. The number of hydrogen-bond acceptors (Lipinski definition) is 4. The minimum atomic E-state index is -0.715. The van der Waals surface area contributed by atoms with Crippen LogP contribution in [0.1, 0.15) is 27.6 Å². The van der Waals surface area contributed by atoms with E-state index in [9.17, 15) is 15.0 Å². The van der Waals surface area contributed by atoms with Crippen LogP contribution in [0.3, 0.4) is 0 Å². The molecule has 0 spiro atoms. The molecule has 0 aliphatic carbocycles. The molecule has 0 heterocycles. The van der Waals surface area contributed by atoms with Crippen molar-refractivity contribution in [2.24, 2.45) is 0 Å². The summed E-state index contributed by atoms with van der Waals surface area (Å²) in [5.74, 6) is -0.159. The van der Waals surface area contributed by atoms with Crippen LogP contribution in [0.5, 0.6) is 0 Å². The zero-order chi connectivity index (χ0) is 21.3. The number of benzene rings is 3. The van der Waals surface area contributed by atoms with Crippen LogP contribution >= 0.6 is 11.6 Å². The quantitative estimate of drug-likeness (QED) is 0.421. The molecule has 6 heteroatoms. The number of aliphatic hydroxyl groups excluding tert-OH is 2. The van der Waals surface area contributed by atoms with Gasteiger partial charge in [-0.05, 0) is 53.9 Å². The number of nitrogens with one attached hydrogen (secondary N) is 2. The molecular weight excluding hydrogens is 400 g/mol. The van der Waals surface area contributed by atoms with Crippen LogP contribution in [0.2, 0.25) is 5.02 Å². The highest BCUT2D eigenvalue weighted by Crippen LogP contribution is 2.18. The summed E-state index contributed by atoms with van der Waals surface area (Å²) in [6.07, 6.45) is -0.126. The van der Waals surface area contributed by atoms with Gasteiger partial charge in [-0.1, -0.05) is 54.1 Å². The summed E-state index contributed by atoms with van der Waals surface area (Å²) < 4.78 is 0. The number of amides is 1. The summed E-state index contributed by atoms with van der Waals surface area (Å²) in [5, 5.41) is 26.7. The van der Waals surface area contributed by atoms with Crippen molar-refractivity contribution in [3.8, 4) is 0 Å². The Morgan fingerprint density at radius 2 is 1.70 bits per heavy atom. The lowest BCUT2D eigenvalue weighted by molar-refractivity contribution is 0.102. The van der Waals surface area contributed by atoms with Crippen molar-refractivity contribution in [3.05, 3.63) is 101 Å². The Morgan fingerprint density at radius 3 is 2.37 bits per heavy atom. The summed E-state index contributed by atoms with van der Waals surface area (Å²) in [6.45, 7) is 0.242. The SMILES string of the molecule is O=C(Nc1ccc(C[C@@H](CO)NC[C@H](O)c2cccc(Cl)c2)cc1)c1ccccc1. The summed E-state index contributed by atoms with van der Waals surface area (Å²) in [5.41, 5.74) is 3.04. The topological polar surface area (TPSA) is 81.6 Å². The number of rotatable bonds is 9. The highest BCUT2D eigenvalue weighted by Gasteiger charge is 2.13. The third-order valence-electron chi connectivity index (χ3n) is 4.78. The molecule has 3 rings (SSSR count). The van der Waals surface area contributed by atoms with E-state index in [-0.39, 0.29) is 18.6 Å². The van der Waals surface area contributed by atoms with Crippen molar-refractivity contribution in [3.63, 3.8) is 0 Å². The molecule has 0 saturated carbocycles. The Balaban J connectivity index is 1.52. The van der Waals surface area contributed by atoms with E-state index in [0.717, 1.165) is 11.1 Å². The maximum absolute atomic E-state index is 12.2. The zero-order valence-corrected chi connectivity index (χ0v) is 17.2. The molecule has 0 aromatic heterocycles. The van der Waals surface area contributed by atoms with E-state index in [1.54, 1.807) is 30.3 Å². The third kappa shape index (κ3) is 6.40. The molecular formula is C24H25ClN2O3. The van der Waals surface area contributed by atoms with Gasteiger partial charge in [-0.25, -0.2) is 0 Å². The predicted octanol–water partition coefficient (Wildman–Crippen LogP) is 3.82. The molecule has 0 fully saturated rings. The van der Waals surface area contributed by atoms with Crippen LogP contribution in [-0.4, -0.2) is 35.3 Å². The van der Waals surface area contributed by atoms with E-state index in [4.69, 9.17) is 11.6 Å². The Morgan fingerprint density at radius 1 is 0.967 bits per heavy atom. The predicted molar refractivity (Wildman–Crippen MR) is 120 cm³/mol. The van der Waals surface area contributed by atoms with Gasteiger partial charge in [-0.15, -0.1) is 0 Å². The van der Waals surface area contributed by atoms with Crippen molar-refractivity contribution in [2.75, 3.05) is 18.5 Å². The van der Waals surface area contributed by atoms with Crippen LogP contribution in [0.4, 0.5) is 5.69 Å².